The molecule has 0 spiro atoms. The molecule has 2 nitrogen and oxygen atoms in total. The molecule has 0 aromatic rings. The number of halogens is 6. The van der Waals surface area contributed by atoms with Gasteiger partial charge in [0.25, 0.3) is 0 Å². The second-order valence-corrected chi connectivity index (χ2v) is 5.60. The van der Waals surface area contributed by atoms with Crippen molar-refractivity contribution in [3.8, 4) is 0 Å². The van der Waals surface area contributed by atoms with Crippen LogP contribution < -0.4 is 0 Å². The quantitative estimate of drug-likeness (QED) is 0.420. The number of rotatable bonds is 2. The van der Waals surface area contributed by atoms with Gasteiger partial charge in [0.05, 0.1) is 26.2 Å². The minimum atomic E-state index is -10.7. The van der Waals surface area contributed by atoms with Crippen LogP contribution in [0.2, 0.25) is 0 Å². The topological polar surface area (TPSA) is 6.25 Å². The Morgan fingerprint density at radius 2 is 1.59 bits per heavy atom. The fraction of sp³-hybridized carbons (Fsp3) is 0.875. The van der Waals surface area contributed by atoms with E-state index < -0.39 is 7.81 Å². The van der Waals surface area contributed by atoms with Gasteiger partial charge in [0.1, 0.15) is 0 Å². The zero-order valence-electron chi connectivity index (χ0n) is 9.72. The molecule has 0 radical (unpaired) electrons. The molecule has 0 unspecified atom stereocenters. The molecule has 0 fully saturated rings. The van der Waals surface area contributed by atoms with Crippen molar-refractivity contribution in [3.05, 3.63) is 0 Å². The fourth-order valence-corrected chi connectivity index (χ4v) is 1.30. The van der Waals surface area contributed by atoms with Crippen molar-refractivity contribution in [1.82, 2.24) is 4.90 Å². The summed E-state index contributed by atoms with van der Waals surface area (Å²) in [5.74, 6) is 0. The van der Waals surface area contributed by atoms with Crippen LogP contribution in [0, 0.1) is 0 Å². The fourth-order valence-electron chi connectivity index (χ4n) is 1.30. The summed E-state index contributed by atoms with van der Waals surface area (Å²) in [4.78, 5) is 2.37. The molecule has 0 atom stereocenters. The second-order valence-electron chi connectivity index (χ2n) is 3.68. The van der Waals surface area contributed by atoms with E-state index in [0.29, 0.717) is 0 Å². The molecular weight excluding hydrogens is 269 g/mol. The monoisotopic (exact) mass is 286 g/mol. The third-order valence-corrected chi connectivity index (χ3v) is 2.03. The van der Waals surface area contributed by atoms with E-state index in [0.717, 1.165) is 13.1 Å². The van der Waals surface area contributed by atoms with E-state index in [1.165, 1.54) is 19.5 Å². The van der Waals surface area contributed by atoms with E-state index in [4.69, 9.17) is 0 Å². The van der Waals surface area contributed by atoms with Crippen molar-refractivity contribution in [2.75, 3.05) is 26.2 Å². The standard InChI is InChI=1S/C8H17N2.F6P/c1-3-9-6-5-7-10(4-2)8-9;1-7(2,3,4,5)6/h8H,3-7H2,1-2H3;/q+1;-1. The Morgan fingerprint density at radius 3 is 1.94 bits per heavy atom. The Bertz CT molecular complexity index is 271. The summed E-state index contributed by atoms with van der Waals surface area (Å²) in [5.41, 5.74) is 0. The van der Waals surface area contributed by atoms with Crippen LogP contribution in [0.15, 0.2) is 0 Å². The molecule has 0 saturated carbocycles. The summed E-state index contributed by atoms with van der Waals surface area (Å²) >= 11 is 0. The maximum absolute atomic E-state index is 10.7. The molecule has 0 aromatic carbocycles. The summed E-state index contributed by atoms with van der Waals surface area (Å²) in [6.07, 6.45) is 3.57. The molecule has 1 rings (SSSR count). The van der Waals surface area contributed by atoms with Gasteiger partial charge in [-0.1, -0.05) is 0 Å². The summed E-state index contributed by atoms with van der Waals surface area (Å²) in [6, 6.07) is 0. The Balaban J connectivity index is 0.000000325. The second kappa shape index (κ2) is 4.63. The van der Waals surface area contributed by atoms with Crippen LogP contribution in [0.3, 0.4) is 0 Å². The van der Waals surface area contributed by atoms with E-state index >= 15 is 0 Å². The molecule has 9 heteroatoms. The first-order valence-electron chi connectivity index (χ1n) is 5.21. The van der Waals surface area contributed by atoms with Crippen molar-refractivity contribution in [2.24, 2.45) is 0 Å². The Labute approximate surface area is 96.1 Å². The molecule has 0 saturated heterocycles. The van der Waals surface area contributed by atoms with Crippen LogP contribution in [-0.2, 0) is 0 Å². The molecule has 1 heterocycles. The van der Waals surface area contributed by atoms with Crippen LogP contribution in [-0.4, -0.2) is 42.0 Å². The van der Waals surface area contributed by atoms with Gasteiger partial charge in [-0.2, -0.15) is 0 Å². The molecule has 0 bridgehead atoms. The summed E-state index contributed by atoms with van der Waals surface area (Å²) in [5, 5.41) is 0. The SMILES string of the molecule is CCN1C=[N+](CC)CCC1.F[P-](F)(F)(F)(F)F. The van der Waals surface area contributed by atoms with Crippen molar-refractivity contribution in [3.63, 3.8) is 0 Å². The predicted molar refractivity (Wildman–Crippen MR) is 57.2 cm³/mol. The van der Waals surface area contributed by atoms with Gasteiger partial charge in [0.2, 0.25) is 6.34 Å². The molecule has 0 aromatic heterocycles. The van der Waals surface area contributed by atoms with Gasteiger partial charge in [-0.3, -0.25) is 9.48 Å². The van der Waals surface area contributed by atoms with E-state index in [9.17, 15) is 25.2 Å². The Hall–Kier alpha value is -0.520. The van der Waals surface area contributed by atoms with Crippen LogP contribution in [0.5, 0.6) is 0 Å². The minimum absolute atomic E-state index is 1.15. The Kier molecular flexibility index (Phi) is 4.49. The summed E-state index contributed by atoms with van der Waals surface area (Å²) < 4.78 is 61.6. The van der Waals surface area contributed by atoms with E-state index in [1.807, 2.05) is 0 Å². The third kappa shape index (κ3) is 15.5. The molecule has 0 amide bonds. The van der Waals surface area contributed by atoms with Crippen LogP contribution in [0.1, 0.15) is 20.3 Å². The normalized spacial score (nSPS) is 20.7. The summed E-state index contributed by atoms with van der Waals surface area (Å²) in [7, 11) is -10.7. The zero-order valence-corrected chi connectivity index (χ0v) is 10.6. The van der Waals surface area contributed by atoms with Gasteiger partial charge in [-0.15, -0.1) is 0 Å². The average Bonchev–Trinajstić information content (AvgIpc) is 2.13. The van der Waals surface area contributed by atoms with Gasteiger partial charge in [0, 0.05) is 6.42 Å². The number of hydrogen-bond donors (Lipinski definition) is 0. The average molecular weight is 286 g/mol. The van der Waals surface area contributed by atoms with Crippen molar-refractivity contribution in [1.29, 1.82) is 0 Å². The number of nitrogens with zero attached hydrogens (tertiary/aromatic N) is 2. The van der Waals surface area contributed by atoms with Crippen molar-refractivity contribution in [2.45, 2.75) is 20.3 Å². The van der Waals surface area contributed by atoms with Crippen LogP contribution in [0.25, 0.3) is 0 Å². The van der Waals surface area contributed by atoms with E-state index in [2.05, 4.69) is 29.7 Å². The molecule has 0 N–H and O–H groups in total. The zero-order chi connectivity index (χ0) is 13.8. The molecular formula is C8H17F6N2P. The first-order valence-corrected chi connectivity index (χ1v) is 7.24. The third-order valence-electron chi connectivity index (χ3n) is 2.03. The first-order chi connectivity index (χ1) is 7.31. The van der Waals surface area contributed by atoms with Crippen molar-refractivity contribution < 1.29 is 29.8 Å². The van der Waals surface area contributed by atoms with Gasteiger partial charge >= 0.3 is 33.0 Å². The van der Waals surface area contributed by atoms with Gasteiger partial charge in [0.15, 0.2) is 0 Å². The van der Waals surface area contributed by atoms with Crippen molar-refractivity contribution >= 4 is 14.1 Å². The molecule has 17 heavy (non-hydrogen) atoms. The van der Waals surface area contributed by atoms with Gasteiger partial charge in [-0.25, -0.2) is 0 Å². The molecule has 0 aliphatic carbocycles. The molecule has 106 valence electrons. The van der Waals surface area contributed by atoms with Crippen LogP contribution in [0.4, 0.5) is 25.2 Å². The van der Waals surface area contributed by atoms with E-state index in [1.54, 1.807) is 0 Å². The van der Waals surface area contributed by atoms with Crippen LogP contribution >= 0.6 is 7.81 Å². The molecule has 1 aliphatic heterocycles. The predicted octanol–water partition coefficient (Wildman–Crippen LogP) is 4.16. The molecule has 1 aliphatic rings. The Morgan fingerprint density at radius 1 is 1.12 bits per heavy atom. The first kappa shape index (κ1) is 16.5. The van der Waals surface area contributed by atoms with Gasteiger partial charge in [-0.05, 0) is 13.8 Å². The van der Waals surface area contributed by atoms with E-state index in [-0.39, 0.29) is 0 Å². The number of hydrogen-bond acceptors (Lipinski definition) is 1. The maximum atomic E-state index is 9.87. The van der Waals surface area contributed by atoms with Gasteiger partial charge < -0.3 is 0 Å². The summed E-state index contributed by atoms with van der Waals surface area (Å²) in [6.45, 7) is 9.19.